The van der Waals surface area contributed by atoms with Gasteiger partial charge in [-0.25, -0.2) is 9.97 Å². The van der Waals surface area contributed by atoms with Crippen molar-refractivity contribution in [2.45, 2.75) is 13.5 Å². The average Bonchev–Trinajstić information content (AvgIpc) is 2.70. The highest BCUT2D eigenvalue weighted by Gasteiger charge is 1.95. The number of nitrogens with one attached hydrogen (secondary N) is 2. The lowest BCUT2D eigenvalue weighted by Gasteiger charge is -2.02. The third kappa shape index (κ3) is 2.07. The third-order valence-corrected chi connectivity index (χ3v) is 1.83. The number of nitrogens with zero attached hydrogens (tertiary/aromatic N) is 3. The van der Waals surface area contributed by atoms with Gasteiger partial charge in [-0.1, -0.05) is 0 Å². The number of aromatic nitrogens is 4. The summed E-state index contributed by atoms with van der Waals surface area (Å²) in [6.45, 7) is 2.59. The Morgan fingerprint density at radius 3 is 2.71 bits per heavy atom. The molecule has 2 heterocycles. The number of aromatic amines is 1. The second kappa shape index (κ2) is 3.87. The van der Waals surface area contributed by atoms with Crippen molar-refractivity contribution >= 4 is 5.69 Å². The summed E-state index contributed by atoms with van der Waals surface area (Å²) in [5, 5.41) is 9.80. The molecule has 0 spiro atoms. The molecular formula is C9H11N5. The molecule has 5 heteroatoms. The maximum atomic E-state index is 4.08. The first-order valence-corrected chi connectivity index (χ1v) is 4.35. The molecule has 72 valence electrons. The standard InChI is InChI=1S/C9H11N5/c1-7-10-5-9(6-11-7)12-2-8-3-13-14-4-8/h3-6,12H,2H2,1H3,(H,13,14). The molecule has 2 aromatic rings. The van der Waals surface area contributed by atoms with Crippen molar-refractivity contribution in [3.63, 3.8) is 0 Å². The van der Waals surface area contributed by atoms with Crippen LogP contribution in [0.5, 0.6) is 0 Å². The van der Waals surface area contributed by atoms with E-state index < -0.39 is 0 Å². The molecule has 5 nitrogen and oxygen atoms in total. The lowest BCUT2D eigenvalue weighted by Crippen LogP contribution is -1.99. The summed E-state index contributed by atoms with van der Waals surface area (Å²) in [5.41, 5.74) is 2.02. The Kier molecular flexibility index (Phi) is 2.40. The number of H-pyrrole nitrogens is 1. The largest absolute Gasteiger partial charge is 0.378 e. The van der Waals surface area contributed by atoms with Gasteiger partial charge in [0.05, 0.1) is 24.3 Å². The van der Waals surface area contributed by atoms with Gasteiger partial charge in [-0.3, -0.25) is 5.10 Å². The van der Waals surface area contributed by atoms with E-state index in [-0.39, 0.29) is 0 Å². The van der Waals surface area contributed by atoms with Gasteiger partial charge in [0.2, 0.25) is 0 Å². The van der Waals surface area contributed by atoms with Crippen molar-refractivity contribution in [2.75, 3.05) is 5.32 Å². The molecule has 0 aliphatic carbocycles. The summed E-state index contributed by atoms with van der Waals surface area (Å²) in [5.74, 6) is 0.777. The topological polar surface area (TPSA) is 66.5 Å². The fourth-order valence-electron chi connectivity index (χ4n) is 1.06. The minimum atomic E-state index is 0.725. The first-order valence-electron chi connectivity index (χ1n) is 4.35. The lowest BCUT2D eigenvalue weighted by atomic mass is 10.3. The van der Waals surface area contributed by atoms with Gasteiger partial charge in [0, 0.05) is 18.3 Å². The number of hydrogen-bond donors (Lipinski definition) is 2. The van der Waals surface area contributed by atoms with Gasteiger partial charge in [0.25, 0.3) is 0 Å². The maximum absolute atomic E-state index is 4.08. The normalized spacial score (nSPS) is 10.1. The van der Waals surface area contributed by atoms with Gasteiger partial charge in [-0.15, -0.1) is 0 Å². The molecule has 14 heavy (non-hydrogen) atoms. The summed E-state index contributed by atoms with van der Waals surface area (Å²) < 4.78 is 0. The first kappa shape index (κ1) is 8.68. The summed E-state index contributed by atoms with van der Waals surface area (Å²) in [7, 11) is 0. The van der Waals surface area contributed by atoms with Gasteiger partial charge in [0.15, 0.2) is 0 Å². The van der Waals surface area contributed by atoms with E-state index >= 15 is 0 Å². The van der Waals surface area contributed by atoms with E-state index in [9.17, 15) is 0 Å². The highest BCUT2D eigenvalue weighted by Crippen LogP contribution is 2.04. The van der Waals surface area contributed by atoms with Gasteiger partial charge >= 0.3 is 0 Å². The van der Waals surface area contributed by atoms with Crippen LogP contribution >= 0.6 is 0 Å². The van der Waals surface area contributed by atoms with Crippen molar-refractivity contribution < 1.29 is 0 Å². The predicted octanol–water partition coefficient (Wildman–Crippen LogP) is 1.12. The second-order valence-corrected chi connectivity index (χ2v) is 2.98. The van der Waals surface area contributed by atoms with Crippen molar-refractivity contribution in [2.24, 2.45) is 0 Å². The van der Waals surface area contributed by atoms with E-state index in [1.165, 1.54) is 0 Å². The van der Waals surface area contributed by atoms with E-state index in [0.29, 0.717) is 0 Å². The van der Waals surface area contributed by atoms with Gasteiger partial charge < -0.3 is 5.32 Å². The van der Waals surface area contributed by atoms with Crippen LogP contribution in [0.1, 0.15) is 11.4 Å². The smallest absolute Gasteiger partial charge is 0.125 e. The molecule has 0 aliphatic heterocycles. The minimum absolute atomic E-state index is 0.725. The fourth-order valence-corrected chi connectivity index (χ4v) is 1.06. The molecule has 2 rings (SSSR count). The molecule has 0 saturated heterocycles. The molecule has 0 saturated carbocycles. The molecule has 2 N–H and O–H groups in total. The average molecular weight is 189 g/mol. The quantitative estimate of drug-likeness (QED) is 0.759. The van der Waals surface area contributed by atoms with Crippen molar-refractivity contribution in [3.05, 3.63) is 36.2 Å². The molecule has 2 aromatic heterocycles. The van der Waals surface area contributed by atoms with Crippen molar-refractivity contribution in [3.8, 4) is 0 Å². The predicted molar refractivity (Wildman–Crippen MR) is 52.7 cm³/mol. The van der Waals surface area contributed by atoms with Crippen molar-refractivity contribution in [1.29, 1.82) is 0 Å². The Labute approximate surface area is 81.6 Å². The zero-order chi connectivity index (χ0) is 9.80. The summed E-state index contributed by atoms with van der Waals surface area (Å²) in [6.07, 6.45) is 7.16. The highest BCUT2D eigenvalue weighted by molar-refractivity contribution is 5.38. The summed E-state index contributed by atoms with van der Waals surface area (Å²) in [6, 6.07) is 0. The Hall–Kier alpha value is -1.91. The number of anilines is 1. The Morgan fingerprint density at radius 2 is 2.07 bits per heavy atom. The van der Waals surface area contributed by atoms with E-state index in [2.05, 4.69) is 25.5 Å². The SMILES string of the molecule is Cc1ncc(NCc2cn[nH]c2)cn1. The van der Waals surface area contributed by atoms with E-state index in [1.807, 2.05) is 13.1 Å². The van der Waals surface area contributed by atoms with Gasteiger partial charge in [0.1, 0.15) is 5.82 Å². The Bertz CT molecular complexity index is 378. The number of rotatable bonds is 3. The van der Waals surface area contributed by atoms with Crippen LogP contribution in [0.15, 0.2) is 24.8 Å². The number of aryl methyl sites for hydroxylation is 1. The van der Waals surface area contributed by atoms with E-state index in [1.54, 1.807) is 18.6 Å². The van der Waals surface area contributed by atoms with Crippen LogP contribution < -0.4 is 5.32 Å². The van der Waals surface area contributed by atoms with Crippen LogP contribution in [0, 0.1) is 6.92 Å². The third-order valence-electron chi connectivity index (χ3n) is 1.83. The van der Waals surface area contributed by atoms with Gasteiger partial charge in [-0.2, -0.15) is 5.10 Å². The first-order chi connectivity index (χ1) is 6.84. The van der Waals surface area contributed by atoms with Gasteiger partial charge in [-0.05, 0) is 6.92 Å². The van der Waals surface area contributed by atoms with Crippen molar-refractivity contribution in [1.82, 2.24) is 20.2 Å². The Balaban J connectivity index is 1.95. The maximum Gasteiger partial charge on any atom is 0.125 e. The van der Waals surface area contributed by atoms with Crippen LogP contribution in [0.25, 0.3) is 0 Å². The zero-order valence-electron chi connectivity index (χ0n) is 7.86. The molecule has 0 aliphatic rings. The molecule has 0 amide bonds. The van der Waals surface area contributed by atoms with E-state index in [4.69, 9.17) is 0 Å². The fraction of sp³-hybridized carbons (Fsp3) is 0.222. The van der Waals surface area contributed by atoms with Crippen LogP contribution in [-0.4, -0.2) is 20.2 Å². The van der Waals surface area contributed by atoms with Crippen LogP contribution in [-0.2, 0) is 6.54 Å². The van der Waals surface area contributed by atoms with Crippen LogP contribution in [0.4, 0.5) is 5.69 Å². The molecule has 0 atom stereocenters. The molecular weight excluding hydrogens is 178 g/mol. The summed E-state index contributed by atoms with van der Waals surface area (Å²) in [4.78, 5) is 8.16. The zero-order valence-corrected chi connectivity index (χ0v) is 7.86. The van der Waals surface area contributed by atoms with E-state index in [0.717, 1.165) is 23.6 Å². The number of hydrogen-bond acceptors (Lipinski definition) is 4. The Morgan fingerprint density at radius 1 is 1.29 bits per heavy atom. The molecule has 0 bridgehead atoms. The van der Waals surface area contributed by atoms with Crippen LogP contribution in [0.2, 0.25) is 0 Å². The molecule has 0 unspecified atom stereocenters. The lowest BCUT2D eigenvalue weighted by molar-refractivity contribution is 1.04. The highest BCUT2D eigenvalue weighted by atomic mass is 15.1. The monoisotopic (exact) mass is 189 g/mol. The molecule has 0 aromatic carbocycles. The van der Waals surface area contributed by atoms with Crippen LogP contribution in [0.3, 0.4) is 0 Å². The molecule has 0 radical (unpaired) electrons. The molecule has 0 fully saturated rings. The minimum Gasteiger partial charge on any atom is -0.378 e. The summed E-state index contributed by atoms with van der Waals surface area (Å²) >= 11 is 0. The second-order valence-electron chi connectivity index (χ2n) is 2.98.